The van der Waals surface area contributed by atoms with Gasteiger partial charge in [-0.15, -0.1) is 0 Å². The average Bonchev–Trinajstić information content (AvgIpc) is 2.76. The van der Waals surface area contributed by atoms with E-state index >= 15 is 0 Å². The van der Waals surface area contributed by atoms with E-state index in [1.54, 1.807) is 50.5 Å². The Bertz CT molecular complexity index is 1020. The molecule has 0 radical (unpaired) electrons. The number of ether oxygens (including phenoxy) is 1. The van der Waals surface area contributed by atoms with E-state index in [2.05, 4.69) is 4.98 Å². The minimum absolute atomic E-state index is 0.354. The predicted molar refractivity (Wildman–Crippen MR) is 120 cm³/mol. The van der Waals surface area contributed by atoms with Crippen molar-refractivity contribution in [3.8, 4) is 16.9 Å². The summed E-state index contributed by atoms with van der Waals surface area (Å²) in [6.45, 7) is 3.83. The van der Waals surface area contributed by atoms with Crippen LogP contribution in [-0.2, 0) is 22.7 Å². The summed E-state index contributed by atoms with van der Waals surface area (Å²) in [6, 6.07) is 17.1. The van der Waals surface area contributed by atoms with Gasteiger partial charge < -0.3 is 9.84 Å². The molecule has 3 rings (SSSR count). The fourth-order valence-electron chi connectivity index (χ4n) is 3.20. The largest absolute Gasteiger partial charge is 0.489 e. The Morgan fingerprint density at radius 3 is 2.16 bits per heavy atom. The Kier molecular flexibility index (Phi) is 7.38. The van der Waals surface area contributed by atoms with E-state index < -0.39 is 23.3 Å². The van der Waals surface area contributed by atoms with Crippen molar-refractivity contribution in [2.45, 2.75) is 26.5 Å². The van der Waals surface area contributed by atoms with Gasteiger partial charge in [0.25, 0.3) is 11.3 Å². The third-order valence-corrected chi connectivity index (χ3v) is 5.52. The van der Waals surface area contributed by atoms with E-state index in [-0.39, 0.29) is 5.92 Å². The lowest BCUT2D eigenvalue weighted by Crippen LogP contribution is -2.45. The highest BCUT2D eigenvalue weighted by atomic mass is 32.2. The Labute approximate surface area is 183 Å². The molecule has 8 heteroatoms. The summed E-state index contributed by atoms with van der Waals surface area (Å²) in [5, 5.41) is 9.50. The molecule has 0 amide bonds. The number of rotatable bonds is 9. The maximum absolute atomic E-state index is 11.9. The third-order valence-electron chi connectivity index (χ3n) is 4.74. The SMILES string of the molecule is CC(C)C(C(=O)O)N(c1ccc(-c2ccc(OCc3cccnc3)cc2)cc1)S(=O)O. The lowest BCUT2D eigenvalue weighted by Gasteiger charge is -2.29. The molecule has 31 heavy (non-hydrogen) atoms. The number of carboxylic acid groups (broad SMARTS) is 1. The van der Waals surface area contributed by atoms with Gasteiger partial charge in [0.05, 0.1) is 5.69 Å². The quantitative estimate of drug-likeness (QED) is 0.479. The fourth-order valence-corrected chi connectivity index (χ4v) is 4.03. The molecule has 0 bridgehead atoms. The molecule has 2 aromatic carbocycles. The standard InChI is InChI=1S/C23H24N2O5S/c1-16(2)22(23(26)27)25(31(28)29)20-9-5-18(6-10-20)19-7-11-21(12-8-19)30-15-17-4-3-13-24-14-17/h3-14,16,22H,15H2,1-2H3,(H,26,27)(H,28,29). The number of pyridine rings is 1. The second-order valence-corrected chi connectivity index (χ2v) is 8.16. The van der Waals surface area contributed by atoms with Gasteiger partial charge in [0, 0.05) is 18.0 Å². The van der Waals surface area contributed by atoms with Gasteiger partial charge in [-0.2, -0.15) is 0 Å². The van der Waals surface area contributed by atoms with Crippen LogP contribution in [0, 0.1) is 5.92 Å². The number of carbonyl (C=O) groups is 1. The molecule has 0 saturated heterocycles. The lowest BCUT2D eigenvalue weighted by molar-refractivity contribution is -0.139. The summed E-state index contributed by atoms with van der Waals surface area (Å²) in [7, 11) is 0. The van der Waals surface area contributed by atoms with Crippen molar-refractivity contribution >= 4 is 22.9 Å². The van der Waals surface area contributed by atoms with E-state index in [1.165, 1.54) is 0 Å². The molecule has 0 fully saturated rings. The van der Waals surface area contributed by atoms with Crippen molar-refractivity contribution < 1.29 is 23.4 Å². The highest BCUT2D eigenvalue weighted by Crippen LogP contribution is 2.28. The van der Waals surface area contributed by atoms with Gasteiger partial charge in [0.15, 0.2) is 0 Å². The van der Waals surface area contributed by atoms with Crippen LogP contribution in [0.2, 0.25) is 0 Å². The minimum atomic E-state index is -2.47. The molecule has 2 unspecified atom stereocenters. The zero-order valence-electron chi connectivity index (χ0n) is 17.2. The van der Waals surface area contributed by atoms with E-state index in [1.807, 2.05) is 36.4 Å². The van der Waals surface area contributed by atoms with Crippen molar-refractivity contribution in [3.63, 3.8) is 0 Å². The molecule has 2 atom stereocenters. The molecule has 3 aromatic rings. The molecule has 0 aliphatic carbocycles. The first kappa shape index (κ1) is 22.5. The van der Waals surface area contributed by atoms with E-state index in [0.717, 1.165) is 26.7 Å². The first-order valence-corrected chi connectivity index (χ1v) is 10.8. The molecule has 162 valence electrons. The van der Waals surface area contributed by atoms with Gasteiger partial charge in [-0.05, 0) is 47.4 Å². The second kappa shape index (κ2) is 10.2. The van der Waals surface area contributed by atoms with Gasteiger partial charge in [0.1, 0.15) is 18.4 Å². The maximum Gasteiger partial charge on any atom is 0.327 e. The molecule has 7 nitrogen and oxygen atoms in total. The molecule has 0 aliphatic rings. The van der Waals surface area contributed by atoms with Crippen LogP contribution in [0.4, 0.5) is 5.69 Å². The summed E-state index contributed by atoms with van der Waals surface area (Å²) < 4.78 is 28.3. The first-order chi connectivity index (χ1) is 14.9. The first-order valence-electron chi connectivity index (χ1n) is 9.72. The van der Waals surface area contributed by atoms with Crippen LogP contribution in [0.3, 0.4) is 0 Å². The highest BCUT2D eigenvalue weighted by Gasteiger charge is 2.32. The number of aliphatic carboxylic acids is 1. The van der Waals surface area contributed by atoms with Gasteiger partial charge in [-0.3, -0.25) is 13.8 Å². The summed E-state index contributed by atoms with van der Waals surface area (Å²) in [6.07, 6.45) is 3.47. The molecule has 0 spiro atoms. The Morgan fingerprint density at radius 2 is 1.68 bits per heavy atom. The summed E-state index contributed by atoms with van der Waals surface area (Å²) in [4.78, 5) is 15.7. The van der Waals surface area contributed by atoms with Crippen molar-refractivity contribution in [1.29, 1.82) is 0 Å². The van der Waals surface area contributed by atoms with E-state index in [4.69, 9.17) is 4.74 Å². The summed E-state index contributed by atoms with van der Waals surface area (Å²) >= 11 is -2.47. The van der Waals surface area contributed by atoms with Crippen LogP contribution >= 0.6 is 0 Å². The molecule has 2 N–H and O–H groups in total. The molecular weight excluding hydrogens is 416 g/mol. The molecule has 0 aliphatic heterocycles. The number of carboxylic acids is 1. The number of aromatic nitrogens is 1. The minimum Gasteiger partial charge on any atom is -0.489 e. The van der Waals surface area contributed by atoms with Crippen molar-refractivity contribution in [2.24, 2.45) is 5.92 Å². The summed E-state index contributed by atoms with van der Waals surface area (Å²) in [5.74, 6) is -0.775. The smallest absolute Gasteiger partial charge is 0.327 e. The van der Waals surface area contributed by atoms with Crippen molar-refractivity contribution in [2.75, 3.05) is 4.31 Å². The Morgan fingerprint density at radius 1 is 1.06 bits per heavy atom. The van der Waals surface area contributed by atoms with Gasteiger partial charge >= 0.3 is 5.97 Å². The Hall–Kier alpha value is -3.23. The van der Waals surface area contributed by atoms with Gasteiger partial charge in [0.2, 0.25) is 0 Å². The van der Waals surface area contributed by atoms with Crippen LogP contribution in [0.1, 0.15) is 19.4 Å². The topological polar surface area (TPSA) is 100.0 Å². The number of benzene rings is 2. The van der Waals surface area contributed by atoms with Crippen LogP contribution in [0.25, 0.3) is 11.1 Å². The van der Waals surface area contributed by atoms with Gasteiger partial charge in [-0.25, -0.2) is 9.00 Å². The molecule has 0 saturated carbocycles. The molecule has 1 aromatic heterocycles. The number of nitrogens with zero attached hydrogens (tertiary/aromatic N) is 2. The number of anilines is 1. The van der Waals surface area contributed by atoms with Crippen LogP contribution < -0.4 is 9.04 Å². The normalized spacial score (nSPS) is 12.9. The zero-order chi connectivity index (χ0) is 22.4. The van der Waals surface area contributed by atoms with Gasteiger partial charge in [-0.1, -0.05) is 44.2 Å². The average molecular weight is 441 g/mol. The number of hydrogen-bond acceptors (Lipinski definition) is 4. The Balaban J connectivity index is 1.74. The van der Waals surface area contributed by atoms with Crippen molar-refractivity contribution in [1.82, 2.24) is 4.98 Å². The second-order valence-electron chi connectivity index (χ2n) is 7.30. The highest BCUT2D eigenvalue weighted by molar-refractivity contribution is 7.80. The predicted octanol–water partition coefficient (Wildman–Crippen LogP) is 4.38. The third kappa shape index (κ3) is 5.68. The van der Waals surface area contributed by atoms with E-state index in [9.17, 15) is 18.7 Å². The summed E-state index contributed by atoms with van der Waals surface area (Å²) in [5.41, 5.74) is 3.18. The van der Waals surface area contributed by atoms with Crippen molar-refractivity contribution in [3.05, 3.63) is 78.6 Å². The fraction of sp³-hybridized carbons (Fsp3) is 0.217. The zero-order valence-corrected chi connectivity index (χ0v) is 18.0. The molecule has 1 heterocycles. The van der Waals surface area contributed by atoms with E-state index in [0.29, 0.717) is 12.3 Å². The van der Waals surface area contributed by atoms with Crippen LogP contribution in [0.5, 0.6) is 5.75 Å². The van der Waals surface area contributed by atoms with Crippen LogP contribution in [0.15, 0.2) is 73.1 Å². The number of hydrogen-bond donors (Lipinski definition) is 2. The van der Waals surface area contributed by atoms with Crippen LogP contribution in [-0.4, -0.2) is 30.9 Å². The lowest BCUT2D eigenvalue weighted by atomic mass is 10.0. The monoisotopic (exact) mass is 440 g/mol. The maximum atomic E-state index is 11.9. The molecular formula is C23H24N2O5S.